The second-order valence-electron chi connectivity index (χ2n) is 6.34. The Bertz CT molecular complexity index is 332. The highest BCUT2D eigenvalue weighted by molar-refractivity contribution is 5.87. The number of carbonyl (C=O) groups excluding carboxylic acids is 1. The number of amides is 1. The van der Waals surface area contributed by atoms with E-state index in [9.17, 15) is 14.7 Å². The van der Waals surface area contributed by atoms with Crippen LogP contribution in [0.15, 0.2) is 0 Å². The third kappa shape index (κ3) is 3.95. The van der Waals surface area contributed by atoms with Crippen molar-refractivity contribution >= 4 is 11.9 Å². The summed E-state index contributed by atoms with van der Waals surface area (Å²) in [6.45, 7) is 7.81. The SMILES string of the molecule is CCC(C)(NC(=O)C1CCC(C(C)C)CC1)C(=O)O. The summed E-state index contributed by atoms with van der Waals surface area (Å²) < 4.78 is 0. The van der Waals surface area contributed by atoms with Crippen molar-refractivity contribution < 1.29 is 14.7 Å². The highest BCUT2D eigenvalue weighted by Gasteiger charge is 2.36. The zero-order valence-corrected chi connectivity index (χ0v) is 12.5. The number of aliphatic carboxylic acids is 1. The van der Waals surface area contributed by atoms with Gasteiger partial charge in [0.15, 0.2) is 0 Å². The van der Waals surface area contributed by atoms with E-state index >= 15 is 0 Å². The van der Waals surface area contributed by atoms with Gasteiger partial charge in [0.05, 0.1) is 0 Å². The Labute approximate surface area is 116 Å². The van der Waals surface area contributed by atoms with Crippen molar-refractivity contribution in [3.05, 3.63) is 0 Å². The smallest absolute Gasteiger partial charge is 0.329 e. The van der Waals surface area contributed by atoms with Gasteiger partial charge >= 0.3 is 5.97 Å². The number of carboxylic acids is 1. The highest BCUT2D eigenvalue weighted by atomic mass is 16.4. The van der Waals surface area contributed by atoms with E-state index in [1.54, 1.807) is 13.8 Å². The molecule has 0 aliphatic heterocycles. The normalized spacial score (nSPS) is 26.8. The molecule has 110 valence electrons. The Morgan fingerprint density at radius 1 is 1.26 bits per heavy atom. The van der Waals surface area contributed by atoms with Gasteiger partial charge in [-0.25, -0.2) is 4.79 Å². The Kier molecular flexibility index (Phi) is 5.39. The van der Waals surface area contributed by atoms with E-state index in [0.717, 1.165) is 25.7 Å². The predicted molar refractivity (Wildman–Crippen MR) is 74.8 cm³/mol. The van der Waals surface area contributed by atoms with Crippen LogP contribution in [0.5, 0.6) is 0 Å². The largest absolute Gasteiger partial charge is 0.480 e. The van der Waals surface area contributed by atoms with E-state index < -0.39 is 11.5 Å². The minimum absolute atomic E-state index is 0.0137. The summed E-state index contributed by atoms with van der Waals surface area (Å²) in [7, 11) is 0. The Hall–Kier alpha value is -1.06. The molecule has 0 bridgehead atoms. The van der Waals surface area contributed by atoms with Gasteiger partial charge in [-0.15, -0.1) is 0 Å². The molecule has 1 rings (SSSR count). The van der Waals surface area contributed by atoms with Gasteiger partial charge in [-0.2, -0.15) is 0 Å². The molecule has 0 aromatic rings. The Morgan fingerprint density at radius 2 is 1.79 bits per heavy atom. The molecule has 1 atom stereocenters. The van der Waals surface area contributed by atoms with Crippen molar-refractivity contribution in [2.24, 2.45) is 17.8 Å². The van der Waals surface area contributed by atoms with Gasteiger partial charge < -0.3 is 10.4 Å². The number of hydrogen-bond acceptors (Lipinski definition) is 2. The highest BCUT2D eigenvalue weighted by Crippen LogP contribution is 2.33. The standard InChI is InChI=1S/C15H27NO3/c1-5-15(4,14(18)19)16-13(17)12-8-6-11(7-9-12)10(2)3/h10-12H,5-9H2,1-4H3,(H,16,17)(H,18,19). The molecule has 1 aliphatic carbocycles. The molecular formula is C15H27NO3. The molecule has 1 fully saturated rings. The lowest BCUT2D eigenvalue weighted by Crippen LogP contribution is -2.53. The van der Waals surface area contributed by atoms with E-state index in [-0.39, 0.29) is 11.8 Å². The van der Waals surface area contributed by atoms with Gasteiger partial charge in [-0.05, 0) is 50.9 Å². The number of hydrogen-bond donors (Lipinski definition) is 2. The Balaban J connectivity index is 2.54. The lowest BCUT2D eigenvalue weighted by Gasteiger charge is -2.32. The average molecular weight is 269 g/mol. The minimum atomic E-state index is -1.13. The maximum absolute atomic E-state index is 12.2. The lowest BCUT2D eigenvalue weighted by atomic mass is 9.76. The van der Waals surface area contributed by atoms with E-state index in [1.807, 2.05) is 0 Å². The summed E-state index contributed by atoms with van der Waals surface area (Å²) in [6, 6.07) is 0. The zero-order valence-electron chi connectivity index (χ0n) is 12.5. The van der Waals surface area contributed by atoms with Crippen LogP contribution in [-0.2, 0) is 9.59 Å². The summed E-state index contributed by atoms with van der Waals surface area (Å²) in [5.74, 6) is 0.318. The molecule has 1 saturated carbocycles. The second kappa shape index (κ2) is 6.40. The molecular weight excluding hydrogens is 242 g/mol. The topological polar surface area (TPSA) is 66.4 Å². The number of rotatable bonds is 5. The van der Waals surface area contributed by atoms with Crippen LogP contribution in [0.2, 0.25) is 0 Å². The molecule has 0 spiro atoms. The van der Waals surface area contributed by atoms with Crippen LogP contribution in [0.4, 0.5) is 0 Å². The predicted octanol–water partition coefficient (Wildman–Crippen LogP) is 2.82. The van der Waals surface area contributed by atoms with Gasteiger partial charge in [-0.3, -0.25) is 4.79 Å². The monoisotopic (exact) mass is 269 g/mol. The Morgan fingerprint density at radius 3 is 2.16 bits per heavy atom. The van der Waals surface area contributed by atoms with Crippen LogP contribution in [0, 0.1) is 17.8 Å². The van der Waals surface area contributed by atoms with Gasteiger partial charge in [0.25, 0.3) is 0 Å². The average Bonchev–Trinajstić information content (AvgIpc) is 2.38. The van der Waals surface area contributed by atoms with Crippen molar-refractivity contribution in [2.45, 2.75) is 65.3 Å². The number of carbonyl (C=O) groups is 2. The van der Waals surface area contributed by atoms with Crippen LogP contribution in [0.1, 0.15) is 59.8 Å². The van der Waals surface area contributed by atoms with Crippen molar-refractivity contribution in [3.63, 3.8) is 0 Å². The quantitative estimate of drug-likeness (QED) is 0.806. The van der Waals surface area contributed by atoms with Crippen molar-refractivity contribution in [1.29, 1.82) is 0 Å². The van der Waals surface area contributed by atoms with E-state index in [0.29, 0.717) is 18.3 Å². The van der Waals surface area contributed by atoms with Crippen LogP contribution in [-0.4, -0.2) is 22.5 Å². The molecule has 4 heteroatoms. The minimum Gasteiger partial charge on any atom is -0.480 e. The first-order valence-electron chi connectivity index (χ1n) is 7.35. The fraction of sp³-hybridized carbons (Fsp3) is 0.867. The molecule has 0 heterocycles. The van der Waals surface area contributed by atoms with Crippen LogP contribution in [0.3, 0.4) is 0 Å². The van der Waals surface area contributed by atoms with Gasteiger partial charge in [0, 0.05) is 5.92 Å². The molecule has 0 radical (unpaired) electrons. The third-order valence-electron chi connectivity index (χ3n) is 4.66. The van der Waals surface area contributed by atoms with E-state index in [2.05, 4.69) is 19.2 Å². The molecule has 0 saturated heterocycles. The van der Waals surface area contributed by atoms with Crippen molar-refractivity contribution in [2.75, 3.05) is 0 Å². The summed E-state index contributed by atoms with van der Waals surface area (Å²) in [4.78, 5) is 23.4. The fourth-order valence-corrected chi connectivity index (χ4v) is 2.72. The molecule has 19 heavy (non-hydrogen) atoms. The molecule has 0 aromatic carbocycles. The first-order chi connectivity index (χ1) is 8.80. The fourth-order valence-electron chi connectivity index (χ4n) is 2.72. The lowest BCUT2D eigenvalue weighted by molar-refractivity contribution is -0.148. The van der Waals surface area contributed by atoms with Crippen LogP contribution in [0.25, 0.3) is 0 Å². The zero-order chi connectivity index (χ0) is 14.6. The summed E-state index contributed by atoms with van der Waals surface area (Å²) >= 11 is 0. The van der Waals surface area contributed by atoms with Gasteiger partial charge in [0.2, 0.25) is 5.91 Å². The number of carboxylic acid groups (broad SMARTS) is 1. The first kappa shape index (κ1) is 16.0. The molecule has 1 unspecified atom stereocenters. The first-order valence-corrected chi connectivity index (χ1v) is 7.35. The maximum atomic E-state index is 12.2. The maximum Gasteiger partial charge on any atom is 0.329 e. The summed E-state index contributed by atoms with van der Waals surface area (Å²) in [5.41, 5.74) is -1.13. The third-order valence-corrected chi connectivity index (χ3v) is 4.66. The molecule has 0 aromatic heterocycles. The van der Waals surface area contributed by atoms with Crippen molar-refractivity contribution in [1.82, 2.24) is 5.32 Å². The summed E-state index contributed by atoms with van der Waals surface area (Å²) in [6.07, 6.45) is 4.31. The van der Waals surface area contributed by atoms with E-state index in [1.165, 1.54) is 0 Å². The molecule has 2 N–H and O–H groups in total. The molecule has 4 nitrogen and oxygen atoms in total. The van der Waals surface area contributed by atoms with Crippen LogP contribution < -0.4 is 5.32 Å². The molecule has 1 amide bonds. The number of nitrogens with one attached hydrogen (secondary N) is 1. The van der Waals surface area contributed by atoms with Gasteiger partial charge in [0.1, 0.15) is 5.54 Å². The molecule has 1 aliphatic rings. The van der Waals surface area contributed by atoms with Crippen molar-refractivity contribution in [3.8, 4) is 0 Å². The van der Waals surface area contributed by atoms with Crippen LogP contribution >= 0.6 is 0 Å². The summed E-state index contributed by atoms with van der Waals surface area (Å²) in [5, 5.41) is 11.9. The van der Waals surface area contributed by atoms with E-state index in [4.69, 9.17) is 0 Å². The van der Waals surface area contributed by atoms with Gasteiger partial charge in [-0.1, -0.05) is 20.8 Å². The second-order valence-corrected chi connectivity index (χ2v) is 6.34.